The van der Waals surface area contributed by atoms with Crippen LogP contribution in [0.1, 0.15) is 29.8 Å². The van der Waals surface area contributed by atoms with E-state index >= 15 is 0 Å². The average molecular weight is 382 g/mol. The zero-order valence-corrected chi connectivity index (χ0v) is 15.4. The third kappa shape index (κ3) is 3.50. The van der Waals surface area contributed by atoms with E-state index in [2.05, 4.69) is 5.16 Å². The number of carboxylic acid groups (broad SMARTS) is 1. The number of hydrogen-bond acceptors (Lipinski definition) is 4. The molecule has 0 bridgehead atoms. The van der Waals surface area contributed by atoms with Crippen LogP contribution in [0.3, 0.4) is 0 Å². The molecule has 1 unspecified atom stereocenters. The summed E-state index contributed by atoms with van der Waals surface area (Å²) in [5.41, 5.74) is 2.58. The van der Waals surface area contributed by atoms with Crippen LogP contribution >= 0.6 is 11.6 Å². The van der Waals surface area contributed by atoms with Crippen LogP contribution < -0.4 is 4.90 Å². The van der Waals surface area contributed by atoms with Crippen LogP contribution in [-0.2, 0) is 0 Å². The molecule has 0 spiro atoms. The van der Waals surface area contributed by atoms with Crippen molar-refractivity contribution >= 4 is 23.4 Å². The van der Waals surface area contributed by atoms with Crippen molar-refractivity contribution in [3.05, 3.63) is 70.4 Å². The molecule has 0 aliphatic heterocycles. The van der Waals surface area contributed by atoms with Gasteiger partial charge in [-0.3, -0.25) is 4.90 Å². The highest BCUT2D eigenvalue weighted by molar-refractivity contribution is 6.31. The molecule has 3 aromatic rings. The van der Waals surface area contributed by atoms with Crippen molar-refractivity contribution in [1.29, 1.82) is 5.26 Å². The van der Waals surface area contributed by atoms with Crippen molar-refractivity contribution in [2.45, 2.75) is 19.9 Å². The predicted molar refractivity (Wildman–Crippen MR) is 102 cm³/mol. The van der Waals surface area contributed by atoms with Gasteiger partial charge in [0.25, 0.3) is 0 Å². The van der Waals surface area contributed by atoms with E-state index in [0.29, 0.717) is 38.9 Å². The number of carbonyl (C=O) groups is 1. The highest BCUT2D eigenvalue weighted by Crippen LogP contribution is 2.39. The van der Waals surface area contributed by atoms with Gasteiger partial charge in [-0.25, -0.2) is 4.79 Å². The number of rotatable bonds is 4. The third-order valence-corrected chi connectivity index (χ3v) is 4.64. The van der Waals surface area contributed by atoms with Crippen molar-refractivity contribution in [2.24, 2.45) is 0 Å². The molecule has 6 nitrogen and oxygen atoms in total. The summed E-state index contributed by atoms with van der Waals surface area (Å²) < 4.78 is 5.43. The van der Waals surface area contributed by atoms with Crippen LogP contribution in [0.15, 0.2) is 53.1 Å². The van der Waals surface area contributed by atoms with Crippen LogP contribution in [0.2, 0.25) is 5.02 Å². The second-order valence-electron chi connectivity index (χ2n) is 5.98. The minimum absolute atomic E-state index is 0.318. The summed E-state index contributed by atoms with van der Waals surface area (Å²) in [5.74, 6) is 0.318. The summed E-state index contributed by atoms with van der Waals surface area (Å²) >= 11 is 6.27. The Morgan fingerprint density at radius 2 is 1.93 bits per heavy atom. The smallest absolute Gasteiger partial charge is 0.412 e. The van der Waals surface area contributed by atoms with Crippen molar-refractivity contribution < 1.29 is 14.4 Å². The molecule has 2 aromatic carbocycles. The molecular weight excluding hydrogens is 366 g/mol. The Morgan fingerprint density at radius 3 is 2.52 bits per heavy atom. The largest absolute Gasteiger partial charge is 0.465 e. The molecule has 3 rings (SSSR count). The molecule has 27 heavy (non-hydrogen) atoms. The first-order valence-electron chi connectivity index (χ1n) is 8.17. The second kappa shape index (κ2) is 7.52. The number of hydrogen-bond donors (Lipinski definition) is 1. The molecule has 1 heterocycles. The van der Waals surface area contributed by atoms with E-state index in [1.54, 1.807) is 62.4 Å². The van der Waals surface area contributed by atoms with Crippen LogP contribution in [-0.4, -0.2) is 16.4 Å². The quantitative estimate of drug-likeness (QED) is 0.651. The van der Waals surface area contributed by atoms with Gasteiger partial charge in [0, 0.05) is 10.6 Å². The Balaban J connectivity index is 2.12. The van der Waals surface area contributed by atoms with E-state index in [1.807, 2.05) is 6.07 Å². The van der Waals surface area contributed by atoms with Crippen molar-refractivity contribution in [3.63, 3.8) is 0 Å². The van der Waals surface area contributed by atoms with Crippen LogP contribution in [0.5, 0.6) is 0 Å². The normalized spacial score (nSPS) is 11.6. The molecule has 136 valence electrons. The number of benzene rings is 2. The maximum atomic E-state index is 12.1. The highest BCUT2D eigenvalue weighted by atomic mass is 35.5. The molecule has 0 aliphatic carbocycles. The number of nitrogens with zero attached hydrogens (tertiary/aromatic N) is 3. The van der Waals surface area contributed by atoms with Crippen molar-refractivity contribution in [2.75, 3.05) is 4.90 Å². The van der Waals surface area contributed by atoms with Gasteiger partial charge in [-0.2, -0.15) is 5.26 Å². The van der Waals surface area contributed by atoms with E-state index in [0.717, 1.165) is 0 Å². The molecule has 0 radical (unpaired) electrons. The number of aromatic nitrogens is 1. The number of amides is 1. The SMILES string of the molecule is Cc1noc(-c2ccc(C#N)cc2)c1N(C(=O)O)C(C)c1ccccc1Cl. The number of nitriles is 1. The number of anilines is 1. The predicted octanol–water partition coefficient (Wildman–Crippen LogP) is 5.42. The number of aryl methyl sites for hydroxylation is 1. The van der Waals surface area contributed by atoms with E-state index < -0.39 is 12.1 Å². The average Bonchev–Trinajstić information content (AvgIpc) is 3.03. The Bertz CT molecular complexity index is 1020. The molecule has 0 saturated heterocycles. The molecule has 7 heteroatoms. The van der Waals surface area contributed by atoms with Gasteiger partial charge in [-0.15, -0.1) is 0 Å². The maximum Gasteiger partial charge on any atom is 0.412 e. The third-order valence-electron chi connectivity index (χ3n) is 4.30. The Hall–Kier alpha value is -3.30. The first-order valence-corrected chi connectivity index (χ1v) is 8.55. The molecule has 1 aromatic heterocycles. The summed E-state index contributed by atoms with van der Waals surface area (Å²) in [6, 6.07) is 15.2. The monoisotopic (exact) mass is 381 g/mol. The summed E-state index contributed by atoms with van der Waals surface area (Å²) in [5, 5.41) is 23.3. The van der Waals surface area contributed by atoms with Crippen molar-refractivity contribution in [3.8, 4) is 17.4 Å². The molecule has 1 amide bonds. The molecule has 1 atom stereocenters. The molecule has 0 saturated carbocycles. The summed E-state index contributed by atoms with van der Waals surface area (Å²) in [6.07, 6.45) is -1.15. The highest BCUT2D eigenvalue weighted by Gasteiger charge is 2.31. The molecular formula is C20H16ClN3O3. The lowest BCUT2D eigenvalue weighted by Gasteiger charge is -2.27. The molecule has 1 N–H and O–H groups in total. The fourth-order valence-electron chi connectivity index (χ4n) is 2.94. The minimum Gasteiger partial charge on any atom is -0.465 e. The zero-order valence-electron chi connectivity index (χ0n) is 14.7. The Labute approximate surface area is 161 Å². The second-order valence-corrected chi connectivity index (χ2v) is 6.39. The van der Waals surface area contributed by atoms with Gasteiger partial charge < -0.3 is 9.63 Å². The van der Waals surface area contributed by atoms with Gasteiger partial charge in [0.1, 0.15) is 11.4 Å². The summed E-state index contributed by atoms with van der Waals surface area (Å²) in [6.45, 7) is 3.44. The first-order chi connectivity index (χ1) is 12.9. The number of halogens is 1. The summed E-state index contributed by atoms with van der Waals surface area (Å²) in [4.78, 5) is 13.3. The van der Waals surface area contributed by atoms with Gasteiger partial charge in [0.15, 0.2) is 5.76 Å². The summed E-state index contributed by atoms with van der Waals surface area (Å²) in [7, 11) is 0. The first kappa shape index (κ1) is 18.5. The van der Waals surface area contributed by atoms with Gasteiger partial charge >= 0.3 is 6.09 Å². The van der Waals surface area contributed by atoms with Gasteiger partial charge in [0.2, 0.25) is 0 Å². The van der Waals surface area contributed by atoms with Crippen LogP contribution in [0.4, 0.5) is 10.5 Å². The molecule has 0 fully saturated rings. The lowest BCUT2D eigenvalue weighted by molar-refractivity contribution is 0.199. The lowest BCUT2D eigenvalue weighted by atomic mass is 10.0. The zero-order chi connectivity index (χ0) is 19.6. The fraction of sp³-hybridized carbons (Fsp3) is 0.150. The van der Waals surface area contributed by atoms with Gasteiger partial charge in [-0.1, -0.05) is 35.0 Å². The van der Waals surface area contributed by atoms with Gasteiger partial charge in [0.05, 0.1) is 17.7 Å². The van der Waals surface area contributed by atoms with E-state index in [4.69, 9.17) is 21.4 Å². The van der Waals surface area contributed by atoms with E-state index in [-0.39, 0.29) is 0 Å². The van der Waals surface area contributed by atoms with Crippen molar-refractivity contribution in [1.82, 2.24) is 5.16 Å². The van der Waals surface area contributed by atoms with E-state index in [1.165, 1.54) is 4.90 Å². The van der Waals surface area contributed by atoms with Crippen LogP contribution in [0.25, 0.3) is 11.3 Å². The van der Waals surface area contributed by atoms with Gasteiger partial charge in [-0.05, 0) is 49.7 Å². The Morgan fingerprint density at radius 1 is 1.26 bits per heavy atom. The standard InChI is InChI=1S/C20H16ClN3O3/c1-12-18(19(27-23-12)15-9-7-14(11-22)8-10-15)24(20(25)26)13(2)16-5-3-4-6-17(16)21/h3-10,13H,1-2H3,(H,25,26). The Kier molecular flexibility index (Phi) is 5.15. The molecule has 0 aliphatic rings. The topological polar surface area (TPSA) is 90.4 Å². The van der Waals surface area contributed by atoms with Crippen LogP contribution in [0, 0.1) is 18.3 Å². The minimum atomic E-state index is -1.15. The fourth-order valence-corrected chi connectivity index (χ4v) is 3.24. The lowest BCUT2D eigenvalue weighted by Crippen LogP contribution is -2.33. The van der Waals surface area contributed by atoms with E-state index in [9.17, 15) is 9.90 Å². The maximum absolute atomic E-state index is 12.1.